The predicted molar refractivity (Wildman–Crippen MR) is 102 cm³/mol. The fraction of sp³-hybridized carbons (Fsp3) is 0.143. The molecule has 26 heavy (non-hydrogen) atoms. The van der Waals surface area contributed by atoms with E-state index in [0.29, 0.717) is 28.4 Å². The van der Waals surface area contributed by atoms with Crippen molar-refractivity contribution in [1.29, 1.82) is 0 Å². The van der Waals surface area contributed by atoms with Crippen LogP contribution in [-0.2, 0) is 0 Å². The summed E-state index contributed by atoms with van der Waals surface area (Å²) in [5, 5.41) is 0. The molecule has 1 aliphatic carbocycles. The summed E-state index contributed by atoms with van der Waals surface area (Å²) < 4.78 is 0. The van der Waals surface area contributed by atoms with Crippen LogP contribution in [0.15, 0.2) is 64.2 Å². The number of carbonyl (C=O) groups is 2. The van der Waals surface area contributed by atoms with Crippen molar-refractivity contribution in [2.45, 2.75) is 6.92 Å². The zero-order valence-corrected chi connectivity index (χ0v) is 14.8. The highest BCUT2D eigenvalue weighted by atomic mass is 16.1. The van der Waals surface area contributed by atoms with E-state index in [-0.39, 0.29) is 11.6 Å². The SMILES string of the molecule is CC(=O)c1ccc(C2=C3N=C(N(C)C)N=C3c3ccccc3C2=O)cc1. The molecule has 5 heteroatoms. The number of fused-ring (bicyclic) bond motifs is 3. The first-order valence-electron chi connectivity index (χ1n) is 8.32. The van der Waals surface area contributed by atoms with Gasteiger partial charge in [0.15, 0.2) is 11.6 Å². The number of hydrogen-bond acceptors (Lipinski definition) is 5. The molecule has 0 amide bonds. The Balaban J connectivity index is 1.95. The van der Waals surface area contributed by atoms with Gasteiger partial charge in [-0.2, -0.15) is 0 Å². The van der Waals surface area contributed by atoms with E-state index < -0.39 is 0 Å². The van der Waals surface area contributed by atoms with Gasteiger partial charge < -0.3 is 4.90 Å². The standard InChI is InChI=1S/C21H17N3O2/c1-12(25)13-8-10-14(11-9-13)17-19-18(22-21(23-19)24(2)3)15-6-4-5-7-16(15)20(17)26/h4-11H,1-3H3. The molecule has 4 rings (SSSR count). The second kappa shape index (κ2) is 5.88. The molecule has 1 aliphatic heterocycles. The highest BCUT2D eigenvalue weighted by Gasteiger charge is 2.34. The fourth-order valence-corrected chi connectivity index (χ4v) is 3.16. The minimum absolute atomic E-state index is 0.00875. The van der Waals surface area contributed by atoms with E-state index in [1.54, 1.807) is 24.3 Å². The van der Waals surface area contributed by atoms with Gasteiger partial charge in [-0.25, -0.2) is 9.98 Å². The van der Waals surface area contributed by atoms with Crippen molar-refractivity contribution in [3.63, 3.8) is 0 Å². The summed E-state index contributed by atoms with van der Waals surface area (Å²) in [6, 6.07) is 14.5. The van der Waals surface area contributed by atoms with Crippen LogP contribution in [0.2, 0.25) is 0 Å². The van der Waals surface area contributed by atoms with Crippen LogP contribution in [0.4, 0.5) is 0 Å². The molecule has 0 N–H and O–H groups in total. The van der Waals surface area contributed by atoms with Gasteiger partial charge in [0, 0.05) is 30.8 Å². The minimum atomic E-state index is -0.0751. The number of carbonyl (C=O) groups excluding carboxylic acids is 2. The first-order valence-corrected chi connectivity index (χ1v) is 8.32. The third-order valence-electron chi connectivity index (χ3n) is 4.52. The largest absolute Gasteiger partial charge is 0.347 e. The summed E-state index contributed by atoms with van der Waals surface area (Å²) in [6.07, 6.45) is 0. The number of hydrogen-bond donors (Lipinski definition) is 0. The molecule has 2 aliphatic rings. The van der Waals surface area contributed by atoms with Crippen molar-refractivity contribution >= 4 is 28.8 Å². The molecule has 0 bridgehead atoms. The van der Waals surface area contributed by atoms with Gasteiger partial charge in [-0.05, 0) is 12.5 Å². The molecule has 128 valence electrons. The van der Waals surface area contributed by atoms with Crippen LogP contribution in [0.25, 0.3) is 5.57 Å². The number of allylic oxidation sites excluding steroid dienone is 2. The first kappa shape index (κ1) is 16.1. The number of nitrogens with zero attached hydrogens (tertiary/aromatic N) is 3. The van der Waals surface area contributed by atoms with Crippen LogP contribution in [0.1, 0.15) is 38.8 Å². The lowest BCUT2D eigenvalue weighted by atomic mass is 9.83. The van der Waals surface area contributed by atoms with E-state index in [1.165, 1.54) is 6.92 Å². The molecule has 2 aromatic rings. The molecule has 0 aromatic heterocycles. The number of Topliss-reactive ketones (excluding diaryl/α,β-unsaturated/α-hetero) is 2. The van der Waals surface area contributed by atoms with E-state index in [1.807, 2.05) is 43.3 Å². The maximum atomic E-state index is 13.2. The van der Waals surface area contributed by atoms with Crippen LogP contribution in [0.5, 0.6) is 0 Å². The lowest BCUT2D eigenvalue weighted by Crippen LogP contribution is -2.20. The summed E-state index contributed by atoms with van der Waals surface area (Å²) in [7, 11) is 3.74. The summed E-state index contributed by atoms with van der Waals surface area (Å²) in [4.78, 5) is 35.8. The lowest BCUT2D eigenvalue weighted by molar-refractivity contribution is 0.101. The van der Waals surface area contributed by atoms with Gasteiger partial charge in [0.25, 0.3) is 0 Å². The second-order valence-corrected chi connectivity index (χ2v) is 6.50. The molecule has 0 saturated carbocycles. The average molecular weight is 343 g/mol. The van der Waals surface area contributed by atoms with E-state index in [4.69, 9.17) is 0 Å². The lowest BCUT2D eigenvalue weighted by Gasteiger charge is -2.19. The van der Waals surface area contributed by atoms with Crippen molar-refractivity contribution in [2.24, 2.45) is 9.98 Å². The number of benzene rings is 2. The molecule has 0 fully saturated rings. The van der Waals surface area contributed by atoms with Crippen molar-refractivity contribution < 1.29 is 9.59 Å². The van der Waals surface area contributed by atoms with Gasteiger partial charge >= 0.3 is 0 Å². The topological polar surface area (TPSA) is 62.1 Å². The zero-order valence-electron chi connectivity index (χ0n) is 14.8. The minimum Gasteiger partial charge on any atom is -0.347 e. The van der Waals surface area contributed by atoms with E-state index in [0.717, 1.165) is 16.8 Å². The Hall–Kier alpha value is -3.34. The number of guanidine groups is 1. The smallest absolute Gasteiger partial charge is 0.226 e. The maximum absolute atomic E-state index is 13.2. The molecule has 0 radical (unpaired) electrons. The summed E-state index contributed by atoms with van der Waals surface area (Å²) in [5.41, 5.74) is 4.60. The second-order valence-electron chi connectivity index (χ2n) is 6.50. The molecule has 0 spiro atoms. The van der Waals surface area contributed by atoms with Crippen LogP contribution in [0, 0.1) is 0 Å². The summed E-state index contributed by atoms with van der Waals surface area (Å²) >= 11 is 0. The van der Waals surface area contributed by atoms with E-state index in [9.17, 15) is 9.59 Å². The Kier molecular flexibility index (Phi) is 3.65. The van der Waals surface area contributed by atoms with Gasteiger partial charge in [0.05, 0.1) is 5.57 Å². The van der Waals surface area contributed by atoms with Crippen LogP contribution in [-0.4, -0.2) is 42.2 Å². The van der Waals surface area contributed by atoms with E-state index >= 15 is 0 Å². The van der Waals surface area contributed by atoms with Crippen molar-refractivity contribution in [1.82, 2.24) is 4.90 Å². The number of aliphatic imine (C=N–C) groups is 2. The van der Waals surface area contributed by atoms with Crippen LogP contribution in [0.3, 0.4) is 0 Å². The van der Waals surface area contributed by atoms with Gasteiger partial charge in [-0.3, -0.25) is 9.59 Å². The molecule has 0 saturated heterocycles. The number of ketones is 2. The predicted octanol–water partition coefficient (Wildman–Crippen LogP) is 3.22. The molecule has 2 aromatic carbocycles. The van der Waals surface area contributed by atoms with Crippen molar-refractivity contribution in [3.8, 4) is 0 Å². The third-order valence-corrected chi connectivity index (χ3v) is 4.52. The molecular weight excluding hydrogens is 326 g/mol. The molecular formula is C21H17N3O2. The average Bonchev–Trinajstić information content (AvgIpc) is 3.08. The van der Waals surface area contributed by atoms with Crippen LogP contribution < -0.4 is 0 Å². The Morgan fingerprint density at radius 2 is 1.58 bits per heavy atom. The highest BCUT2D eigenvalue weighted by Crippen LogP contribution is 2.36. The normalized spacial score (nSPS) is 15.3. The maximum Gasteiger partial charge on any atom is 0.226 e. The molecule has 5 nitrogen and oxygen atoms in total. The summed E-state index contributed by atoms with van der Waals surface area (Å²) in [5.74, 6) is 0.483. The van der Waals surface area contributed by atoms with Crippen molar-refractivity contribution in [3.05, 3.63) is 76.5 Å². The Morgan fingerprint density at radius 3 is 2.19 bits per heavy atom. The first-order chi connectivity index (χ1) is 12.5. The summed E-state index contributed by atoms with van der Waals surface area (Å²) in [6.45, 7) is 1.52. The van der Waals surface area contributed by atoms with Gasteiger partial charge in [-0.1, -0.05) is 48.5 Å². The third kappa shape index (κ3) is 2.40. The molecule has 0 atom stereocenters. The van der Waals surface area contributed by atoms with Crippen molar-refractivity contribution in [2.75, 3.05) is 14.1 Å². The highest BCUT2D eigenvalue weighted by molar-refractivity contribution is 6.43. The van der Waals surface area contributed by atoms with Gasteiger partial charge in [-0.15, -0.1) is 0 Å². The Labute approximate surface area is 151 Å². The molecule has 1 heterocycles. The van der Waals surface area contributed by atoms with E-state index in [2.05, 4.69) is 9.98 Å². The Morgan fingerprint density at radius 1 is 0.923 bits per heavy atom. The monoisotopic (exact) mass is 343 g/mol. The van der Waals surface area contributed by atoms with Crippen LogP contribution >= 0.6 is 0 Å². The Bertz CT molecular complexity index is 1040. The van der Waals surface area contributed by atoms with Gasteiger partial charge in [0.1, 0.15) is 11.4 Å². The number of rotatable bonds is 2. The van der Waals surface area contributed by atoms with Gasteiger partial charge in [0.2, 0.25) is 5.96 Å². The zero-order chi connectivity index (χ0) is 18.4. The quantitative estimate of drug-likeness (QED) is 0.787. The molecule has 0 unspecified atom stereocenters. The fourth-order valence-electron chi connectivity index (χ4n) is 3.16.